The van der Waals surface area contributed by atoms with Crippen molar-refractivity contribution in [2.75, 3.05) is 31.5 Å². The molecule has 0 atom stereocenters. The van der Waals surface area contributed by atoms with Crippen LogP contribution in [0.3, 0.4) is 0 Å². The topological polar surface area (TPSA) is 134 Å². The van der Waals surface area contributed by atoms with E-state index in [1.165, 1.54) is 31.4 Å². The van der Waals surface area contributed by atoms with Crippen molar-refractivity contribution in [1.29, 1.82) is 0 Å². The average molecular weight is 437 g/mol. The number of carboxylic acid groups (broad SMARTS) is 2. The van der Waals surface area contributed by atoms with Crippen molar-refractivity contribution >= 4 is 29.3 Å². The van der Waals surface area contributed by atoms with Gasteiger partial charge in [0.15, 0.2) is 0 Å². The molecule has 1 fully saturated rings. The Kier molecular flexibility index (Phi) is 19.2. The normalized spacial score (nSPS) is 13.3. The Morgan fingerprint density at radius 2 is 1.81 bits per heavy atom. The predicted octanol–water partition coefficient (Wildman–Crippen LogP) is -5.51. The first-order valence-corrected chi connectivity index (χ1v) is 7.93. The van der Waals surface area contributed by atoms with Gasteiger partial charge in [-0.05, 0) is 51.1 Å². The number of nitrogens with one attached hydrogen (secondary N) is 1. The van der Waals surface area contributed by atoms with Crippen LogP contribution in [-0.4, -0.2) is 47.1 Å². The van der Waals surface area contributed by atoms with Gasteiger partial charge in [-0.15, -0.1) is 0 Å². The van der Waals surface area contributed by atoms with Crippen molar-refractivity contribution < 1.29 is 123 Å². The summed E-state index contributed by atoms with van der Waals surface area (Å²) in [4.78, 5) is 25.2. The Labute approximate surface area is 242 Å². The van der Waals surface area contributed by atoms with E-state index in [1.807, 2.05) is 0 Å². The number of piperidine rings is 1. The molecule has 0 unspecified atom stereocenters. The second-order valence-corrected chi connectivity index (χ2v) is 5.58. The number of likely N-dealkylation sites (tertiary alicyclic amines) is 1. The summed E-state index contributed by atoms with van der Waals surface area (Å²) in [6.07, 6.45) is 2.47. The van der Waals surface area contributed by atoms with E-state index in [4.69, 9.17) is 26.6 Å². The molecule has 0 spiro atoms. The van der Waals surface area contributed by atoms with Gasteiger partial charge in [0.1, 0.15) is 5.15 Å². The zero-order valence-electron chi connectivity index (χ0n) is 15.1. The second kappa shape index (κ2) is 17.0. The van der Waals surface area contributed by atoms with E-state index in [-0.39, 0.29) is 119 Å². The summed E-state index contributed by atoms with van der Waals surface area (Å²) in [7, 11) is 0. The first-order valence-electron chi connectivity index (χ1n) is 7.55. The minimum Gasteiger partial charge on any atom is -0.652 e. The number of hydrogen-bond donors (Lipinski definition) is 1. The van der Waals surface area contributed by atoms with Crippen LogP contribution in [0.25, 0.3) is 0 Å². The zero-order chi connectivity index (χ0) is 17.9. The number of hydrogen-bond acceptors (Lipinski definition) is 8. The molecule has 12 heteroatoms. The van der Waals surface area contributed by atoms with Crippen LogP contribution in [-0.2, 0) is 0 Å². The molecule has 1 aromatic rings. The summed E-state index contributed by atoms with van der Waals surface area (Å²) in [5, 5.41) is 30.8. The molecule has 0 aromatic carbocycles. The van der Waals surface area contributed by atoms with Crippen molar-refractivity contribution in [3.05, 3.63) is 27.4 Å². The summed E-state index contributed by atoms with van der Waals surface area (Å²) in [5.41, 5.74) is -0.0348. The Morgan fingerprint density at radius 1 is 1.23 bits per heavy atom. The number of carbonyl (C=O) groups is 1. The number of aromatic nitrogens is 1. The molecule has 26 heavy (non-hydrogen) atoms. The third-order valence-electron chi connectivity index (χ3n) is 3.43. The Morgan fingerprint density at radius 3 is 2.35 bits per heavy atom. The average Bonchev–Trinajstić information content (AvgIpc) is 2.52. The zero-order valence-corrected chi connectivity index (χ0v) is 22.1. The van der Waals surface area contributed by atoms with Crippen molar-refractivity contribution in [3.63, 3.8) is 0 Å². The number of nitro groups is 1. The number of anilines is 1. The molecule has 0 aliphatic carbocycles. The first kappa shape index (κ1) is 29.3. The van der Waals surface area contributed by atoms with Gasteiger partial charge in [0.05, 0.1) is 4.92 Å². The molecule has 9 nitrogen and oxygen atoms in total. The van der Waals surface area contributed by atoms with E-state index in [9.17, 15) is 10.1 Å². The van der Waals surface area contributed by atoms with Crippen LogP contribution in [0.1, 0.15) is 25.7 Å². The van der Waals surface area contributed by atoms with Gasteiger partial charge in [-0.1, -0.05) is 18.0 Å². The fraction of sp³-hybridized carbons (Fsp3) is 0.571. The Hall–Kier alpha value is 1.14. The van der Waals surface area contributed by atoms with E-state index >= 15 is 0 Å². The molecular weight excluding hydrogens is 418 g/mol. The molecule has 0 saturated carbocycles. The van der Waals surface area contributed by atoms with Gasteiger partial charge in [-0.2, -0.15) is 0 Å². The molecule has 1 aliphatic heterocycles. The molecule has 2 heterocycles. The minimum atomic E-state index is -2.33. The summed E-state index contributed by atoms with van der Waals surface area (Å²) >= 11 is 5.77. The van der Waals surface area contributed by atoms with Crippen molar-refractivity contribution in [3.8, 4) is 0 Å². The molecule has 0 amide bonds. The molecule has 134 valence electrons. The Bertz CT molecular complexity index is 558. The van der Waals surface area contributed by atoms with Crippen LogP contribution < -0.4 is 118 Å². The number of rotatable bonds is 6. The van der Waals surface area contributed by atoms with Gasteiger partial charge in [0, 0.05) is 12.6 Å². The van der Waals surface area contributed by atoms with Crippen LogP contribution in [0.4, 0.5) is 16.3 Å². The van der Waals surface area contributed by atoms with Crippen LogP contribution in [0, 0.1) is 10.1 Å². The van der Waals surface area contributed by atoms with Gasteiger partial charge < -0.3 is 25.2 Å². The van der Waals surface area contributed by atoms with Crippen LogP contribution in [0.2, 0.25) is 5.15 Å². The van der Waals surface area contributed by atoms with E-state index in [1.54, 1.807) is 0 Å². The predicted molar refractivity (Wildman–Crippen MR) is 84.7 cm³/mol. The van der Waals surface area contributed by atoms with Gasteiger partial charge in [-0.25, -0.2) is 4.98 Å². The second-order valence-electron chi connectivity index (χ2n) is 5.19. The maximum atomic E-state index is 10.9. The molecule has 1 saturated heterocycles. The SMILES string of the molecule is O=C([O-])[O-].O=[N+]([O-])c1ccc(Cl)nc1NCCCN1CCCCC1.[K+].[K+]. The van der Waals surface area contributed by atoms with Gasteiger partial charge in [0.25, 0.3) is 0 Å². The van der Waals surface area contributed by atoms with Crippen molar-refractivity contribution in [2.45, 2.75) is 25.7 Å². The van der Waals surface area contributed by atoms with Crippen molar-refractivity contribution in [1.82, 2.24) is 9.88 Å². The third-order valence-corrected chi connectivity index (χ3v) is 3.64. The van der Waals surface area contributed by atoms with Gasteiger partial charge in [-0.3, -0.25) is 10.1 Å². The van der Waals surface area contributed by atoms with Crippen molar-refractivity contribution in [2.24, 2.45) is 0 Å². The largest absolute Gasteiger partial charge is 1.00 e. The van der Waals surface area contributed by atoms with E-state index < -0.39 is 11.1 Å². The van der Waals surface area contributed by atoms with Gasteiger partial charge >= 0.3 is 108 Å². The maximum absolute atomic E-state index is 10.9. The van der Waals surface area contributed by atoms with E-state index in [0.717, 1.165) is 26.1 Å². The number of nitrogens with zero attached hydrogens (tertiary/aromatic N) is 3. The van der Waals surface area contributed by atoms with Crippen LogP contribution in [0.15, 0.2) is 12.1 Å². The fourth-order valence-corrected chi connectivity index (χ4v) is 2.55. The first-order chi connectivity index (χ1) is 11.4. The van der Waals surface area contributed by atoms with Crippen LogP contribution >= 0.6 is 11.6 Å². The number of carbonyl (C=O) groups excluding carboxylic acids is 1. The molecule has 1 aromatic heterocycles. The molecule has 1 N–H and O–H groups in total. The molecule has 0 radical (unpaired) electrons. The molecule has 2 rings (SSSR count). The summed E-state index contributed by atoms with van der Waals surface area (Å²) in [6.45, 7) is 4.00. The molecule has 1 aliphatic rings. The third kappa shape index (κ3) is 13.3. The molecular formula is C14H19ClK2N4O5. The smallest absolute Gasteiger partial charge is 0.652 e. The van der Waals surface area contributed by atoms with Gasteiger partial charge in [0.2, 0.25) is 5.82 Å². The maximum Gasteiger partial charge on any atom is 1.00 e. The number of pyridine rings is 1. The Balaban J connectivity index is 0. The summed E-state index contributed by atoms with van der Waals surface area (Å²) < 4.78 is 0. The van der Waals surface area contributed by atoms with Crippen LogP contribution in [0.5, 0.6) is 0 Å². The quantitative estimate of drug-likeness (QED) is 0.153. The van der Waals surface area contributed by atoms with E-state index in [2.05, 4.69) is 15.2 Å². The summed E-state index contributed by atoms with van der Waals surface area (Å²) in [6, 6.07) is 2.81. The van der Waals surface area contributed by atoms with E-state index in [0.29, 0.717) is 6.54 Å². The minimum absolute atomic E-state index is 0. The summed E-state index contributed by atoms with van der Waals surface area (Å²) in [5.74, 6) is 0.251. The fourth-order valence-electron chi connectivity index (χ4n) is 2.40. The standard InChI is InChI=1S/C13H19ClN4O2.CH2O3.2K/c14-12-6-5-11(18(19)20)13(16-12)15-7-4-10-17-8-2-1-3-9-17;2-1(3)4;;/h5-6H,1-4,7-10H2,(H,15,16);(H2,2,3,4);;/q;;2*+1/p-2. The number of halogens is 1. The molecule has 0 bridgehead atoms. The monoisotopic (exact) mass is 436 g/mol.